The van der Waals surface area contributed by atoms with Crippen LogP contribution in [0.5, 0.6) is 0 Å². The van der Waals surface area contributed by atoms with Crippen molar-refractivity contribution in [2.75, 3.05) is 20.1 Å². The first-order chi connectivity index (χ1) is 8.42. The van der Waals surface area contributed by atoms with Crippen molar-refractivity contribution in [3.8, 4) is 0 Å². The minimum Gasteiger partial charge on any atom is -0.302 e. The number of sulfonamides is 1. The van der Waals surface area contributed by atoms with Crippen molar-refractivity contribution in [3.63, 3.8) is 0 Å². The molecule has 1 aliphatic rings. The van der Waals surface area contributed by atoms with Gasteiger partial charge in [-0.2, -0.15) is 0 Å². The number of aryl methyl sites for hydroxylation is 1. The second kappa shape index (κ2) is 5.24. The molecule has 0 amide bonds. The molecular formula is C9H16BrN5O2S. The molecule has 102 valence electrons. The summed E-state index contributed by atoms with van der Waals surface area (Å²) in [5.74, 6) is 0. The van der Waals surface area contributed by atoms with Crippen LogP contribution in [0.15, 0.2) is 9.63 Å². The first-order valence-corrected chi connectivity index (χ1v) is 7.94. The second-order valence-corrected chi connectivity index (χ2v) is 6.87. The zero-order valence-corrected chi connectivity index (χ0v) is 12.7. The molecule has 0 spiro atoms. The summed E-state index contributed by atoms with van der Waals surface area (Å²) < 4.78 is 28.4. The van der Waals surface area contributed by atoms with Gasteiger partial charge in [-0.05, 0) is 42.4 Å². The SMILES string of the molecule is CN1CCCC1CNS(=O)(=O)c1c(Br)nnn1C. The fourth-order valence-corrected chi connectivity index (χ4v) is 4.28. The van der Waals surface area contributed by atoms with Crippen LogP contribution in [0.1, 0.15) is 12.8 Å². The molecule has 2 heterocycles. The van der Waals surface area contributed by atoms with Gasteiger partial charge in [-0.1, -0.05) is 5.21 Å². The van der Waals surface area contributed by atoms with Gasteiger partial charge in [0.2, 0.25) is 5.03 Å². The van der Waals surface area contributed by atoms with Crippen LogP contribution in [0.4, 0.5) is 0 Å². The number of aromatic nitrogens is 3. The number of hydrogen-bond donors (Lipinski definition) is 1. The average molecular weight is 338 g/mol. The van der Waals surface area contributed by atoms with Gasteiger partial charge in [-0.15, -0.1) is 5.10 Å². The number of nitrogens with zero attached hydrogens (tertiary/aromatic N) is 4. The van der Waals surface area contributed by atoms with Crippen LogP contribution in [0.2, 0.25) is 0 Å². The van der Waals surface area contributed by atoms with E-state index >= 15 is 0 Å². The van der Waals surface area contributed by atoms with Crippen molar-refractivity contribution in [2.24, 2.45) is 7.05 Å². The quantitative estimate of drug-likeness (QED) is 0.833. The normalized spacial score (nSPS) is 21.6. The van der Waals surface area contributed by atoms with Gasteiger partial charge < -0.3 is 4.90 Å². The molecule has 0 bridgehead atoms. The minimum absolute atomic E-state index is 0.0585. The number of likely N-dealkylation sites (tertiary alicyclic amines) is 1. The highest BCUT2D eigenvalue weighted by Crippen LogP contribution is 2.19. The van der Waals surface area contributed by atoms with Crippen LogP contribution in [-0.4, -0.2) is 54.5 Å². The Hall–Kier alpha value is -0.510. The van der Waals surface area contributed by atoms with Crippen LogP contribution in [0.3, 0.4) is 0 Å². The van der Waals surface area contributed by atoms with E-state index in [1.807, 2.05) is 7.05 Å². The maximum atomic E-state index is 12.1. The molecule has 0 aromatic carbocycles. The lowest BCUT2D eigenvalue weighted by molar-refractivity contribution is 0.310. The number of hydrogen-bond acceptors (Lipinski definition) is 5. The zero-order valence-electron chi connectivity index (χ0n) is 10.3. The maximum Gasteiger partial charge on any atom is 0.260 e. The van der Waals surface area contributed by atoms with E-state index < -0.39 is 10.0 Å². The average Bonchev–Trinajstić information content (AvgIpc) is 2.83. The molecular weight excluding hydrogens is 322 g/mol. The Kier molecular flexibility index (Phi) is 4.05. The van der Waals surface area contributed by atoms with Gasteiger partial charge in [0.15, 0.2) is 4.60 Å². The summed E-state index contributed by atoms with van der Waals surface area (Å²) >= 11 is 3.09. The molecule has 1 N–H and O–H groups in total. The van der Waals surface area contributed by atoms with Crippen LogP contribution in [0, 0.1) is 0 Å². The van der Waals surface area contributed by atoms with E-state index in [-0.39, 0.29) is 15.7 Å². The van der Waals surface area contributed by atoms with E-state index in [0.717, 1.165) is 19.4 Å². The molecule has 7 nitrogen and oxygen atoms in total. The van der Waals surface area contributed by atoms with E-state index in [0.29, 0.717) is 6.54 Å². The van der Waals surface area contributed by atoms with Crippen molar-refractivity contribution in [1.29, 1.82) is 0 Å². The van der Waals surface area contributed by atoms with Crippen molar-refractivity contribution in [1.82, 2.24) is 24.6 Å². The lowest BCUT2D eigenvalue weighted by atomic mass is 10.2. The number of likely N-dealkylation sites (N-methyl/N-ethyl adjacent to an activating group) is 1. The standard InChI is InChI=1S/C9H16BrN5O2S/c1-14-5-3-4-7(14)6-11-18(16,17)9-8(10)12-13-15(9)2/h7,11H,3-6H2,1-2H3. The van der Waals surface area contributed by atoms with Crippen LogP contribution >= 0.6 is 15.9 Å². The summed E-state index contributed by atoms with van der Waals surface area (Å²) in [4.78, 5) is 2.17. The topological polar surface area (TPSA) is 80.1 Å². The summed E-state index contributed by atoms with van der Waals surface area (Å²) in [6, 6.07) is 0.264. The van der Waals surface area contributed by atoms with Crippen LogP contribution in [0.25, 0.3) is 0 Å². The Labute approximate surface area is 115 Å². The largest absolute Gasteiger partial charge is 0.302 e. The highest BCUT2D eigenvalue weighted by molar-refractivity contribution is 9.10. The minimum atomic E-state index is -3.57. The molecule has 1 unspecified atom stereocenters. The molecule has 0 aliphatic carbocycles. The highest BCUT2D eigenvalue weighted by Gasteiger charge is 2.27. The molecule has 1 aromatic rings. The number of rotatable bonds is 4. The summed E-state index contributed by atoms with van der Waals surface area (Å²) in [5, 5.41) is 7.40. The molecule has 0 radical (unpaired) electrons. The molecule has 0 saturated carbocycles. The van der Waals surface area contributed by atoms with Crippen LogP contribution in [-0.2, 0) is 17.1 Å². The van der Waals surface area contributed by atoms with Gasteiger partial charge in [-0.3, -0.25) is 0 Å². The fraction of sp³-hybridized carbons (Fsp3) is 0.778. The molecule has 1 fully saturated rings. The van der Waals surface area contributed by atoms with Crippen LogP contribution < -0.4 is 4.72 Å². The Bertz CT molecular complexity index is 510. The van der Waals surface area contributed by atoms with Crippen molar-refractivity contribution < 1.29 is 8.42 Å². The Morgan fingerprint density at radius 1 is 1.50 bits per heavy atom. The van der Waals surface area contributed by atoms with E-state index in [1.54, 1.807) is 7.05 Å². The summed E-state index contributed by atoms with van der Waals surface area (Å²) in [7, 11) is -0.0177. The number of halogens is 1. The third-order valence-electron chi connectivity index (χ3n) is 3.17. The first-order valence-electron chi connectivity index (χ1n) is 5.67. The molecule has 1 aliphatic heterocycles. The molecule has 1 atom stereocenters. The number of nitrogens with one attached hydrogen (secondary N) is 1. The summed E-state index contributed by atoms with van der Waals surface area (Å²) in [5.41, 5.74) is 0. The fourth-order valence-electron chi connectivity index (χ4n) is 2.12. The summed E-state index contributed by atoms with van der Waals surface area (Å²) in [6.45, 7) is 1.43. The van der Waals surface area contributed by atoms with Gasteiger partial charge >= 0.3 is 0 Å². The Morgan fingerprint density at radius 3 is 2.72 bits per heavy atom. The highest BCUT2D eigenvalue weighted by atomic mass is 79.9. The first kappa shape index (κ1) is 13.9. The van der Waals surface area contributed by atoms with E-state index in [4.69, 9.17) is 0 Å². The molecule has 2 rings (SSSR count). The zero-order chi connectivity index (χ0) is 13.3. The second-order valence-electron chi connectivity index (χ2n) is 4.44. The molecule has 18 heavy (non-hydrogen) atoms. The van der Waals surface area contributed by atoms with Crippen molar-refractivity contribution >= 4 is 26.0 Å². The predicted molar refractivity (Wildman–Crippen MR) is 69.5 cm³/mol. The van der Waals surface area contributed by atoms with Gasteiger partial charge in [0.25, 0.3) is 10.0 Å². The predicted octanol–water partition coefficient (Wildman–Crippen LogP) is -0.0499. The van der Waals surface area contributed by atoms with Gasteiger partial charge in [0.1, 0.15) is 0 Å². The lowest BCUT2D eigenvalue weighted by Gasteiger charge is -2.19. The summed E-state index contributed by atoms with van der Waals surface area (Å²) in [6.07, 6.45) is 2.13. The van der Waals surface area contributed by atoms with Gasteiger partial charge in [0.05, 0.1) is 0 Å². The monoisotopic (exact) mass is 337 g/mol. The maximum absolute atomic E-state index is 12.1. The van der Waals surface area contributed by atoms with Crippen molar-refractivity contribution in [3.05, 3.63) is 4.60 Å². The van der Waals surface area contributed by atoms with E-state index in [1.165, 1.54) is 4.68 Å². The molecule has 1 aromatic heterocycles. The van der Waals surface area contributed by atoms with E-state index in [9.17, 15) is 8.42 Å². The molecule has 9 heteroatoms. The lowest BCUT2D eigenvalue weighted by Crippen LogP contribution is -2.38. The van der Waals surface area contributed by atoms with Gasteiger partial charge in [-0.25, -0.2) is 17.8 Å². The third kappa shape index (κ3) is 2.73. The molecule has 1 saturated heterocycles. The Balaban J connectivity index is 2.08. The van der Waals surface area contributed by atoms with E-state index in [2.05, 4.69) is 35.9 Å². The Morgan fingerprint density at radius 2 is 2.22 bits per heavy atom. The third-order valence-corrected chi connectivity index (χ3v) is 5.48. The van der Waals surface area contributed by atoms with Gasteiger partial charge in [0, 0.05) is 19.6 Å². The van der Waals surface area contributed by atoms with Crippen molar-refractivity contribution in [2.45, 2.75) is 23.9 Å². The smallest absolute Gasteiger partial charge is 0.260 e.